The molecule has 9 heteroatoms. The molecule has 1 heterocycles. The van der Waals surface area contributed by atoms with E-state index in [0.29, 0.717) is 21.8 Å². The number of ether oxygens (including phenoxy) is 1. The first kappa shape index (κ1) is 18.9. The van der Waals surface area contributed by atoms with Gasteiger partial charge in [0.2, 0.25) is 0 Å². The average Bonchev–Trinajstić information content (AvgIpc) is 2.63. The van der Waals surface area contributed by atoms with E-state index in [1.807, 2.05) is 0 Å². The summed E-state index contributed by atoms with van der Waals surface area (Å²) in [5.41, 5.74) is 0.984. The maximum Gasteiger partial charge on any atom is 0.455 e. The number of nitrogens with zero attached hydrogens (tertiary/aromatic N) is 1. The van der Waals surface area contributed by atoms with E-state index in [2.05, 4.69) is 5.32 Å². The van der Waals surface area contributed by atoms with Crippen LogP contribution in [-0.2, 0) is 0 Å². The molecule has 1 aliphatic heterocycles. The summed E-state index contributed by atoms with van der Waals surface area (Å²) in [5, 5.41) is 2.50. The van der Waals surface area contributed by atoms with Crippen molar-refractivity contribution in [1.82, 2.24) is 5.32 Å². The Hall–Kier alpha value is -2.84. The summed E-state index contributed by atoms with van der Waals surface area (Å²) in [6.07, 6.45) is -5.77. The lowest BCUT2D eigenvalue weighted by Crippen LogP contribution is -2.54. The quantitative estimate of drug-likeness (QED) is 0.786. The van der Waals surface area contributed by atoms with E-state index in [1.54, 1.807) is 30.3 Å². The van der Waals surface area contributed by atoms with Crippen molar-refractivity contribution in [3.05, 3.63) is 59.7 Å². The third-order valence-electron chi connectivity index (χ3n) is 4.25. The summed E-state index contributed by atoms with van der Waals surface area (Å²) in [7, 11) is 1.40. The fourth-order valence-electron chi connectivity index (χ4n) is 2.88. The summed E-state index contributed by atoms with van der Waals surface area (Å²) in [6, 6.07) is 11.1. The van der Waals surface area contributed by atoms with E-state index in [1.165, 1.54) is 25.3 Å². The Labute approximate surface area is 151 Å². The van der Waals surface area contributed by atoms with Crippen molar-refractivity contribution in [2.24, 2.45) is 0 Å². The van der Waals surface area contributed by atoms with E-state index < -0.39 is 30.7 Å². The predicted molar refractivity (Wildman–Crippen MR) is 88.2 cm³/mol. The Morgan fingerprint density at radius 3 is 2.33 bits per heavy atom. The van der Waals surface area contributed by atoms with Gasteiger partial charge in [-0.25, -0.2) is 4.79 Å². The minimum absolute atomic E-state index is 0.0303. The number of hydrogen-bond acceptors (Lipinski definition) is 2. The van der Waals surface area contributed by atoms with Gasteiger partial charge >= 0.3 is 18.1 Å². The number of rotatable bonds is 4. The first-order chi connectivity index (χ1) is 12.6. The van der Waals surface area contributed by atoms with Crippen LogP contribution in [0.15, 0.2) is 48.5 Å². The second-order valence-corrected chi connectivity index (χ2v) is 6.01. The molecule has 1 atom stereocenters. The van der Waals surface area contributed by atoms with Crippen LogP contribution in [0.2, 0.25) is 0 Å². The lowest BCUT2D eigenvalue weighted by atomic mass is 9.94. The molecular formula is C18H15F5N2O2. The summed E-state index contributed by atoms with van der Waals surface area (Å²) in [5.74, 6) is -4.67. The largest absolute Gasteiger partial charge is 0.497 e. The molecule has 0 saturated heterocycles. The van der Waals surface area contributed by atoms with Gasteiger partial charge < -0.3 is 10.1 Å². The maximum atomic E-state index is 13.6. The van der Waals surface area contributed by atoms with Gasteiger partial charge in [-0.3, -0.25) is 4.90 Å². The van der Waals surface area contributed by atoms with Crippen LogP contribution in [-0.4, -0.2) is 31.8 Å². The lowest BCUT2D eigenvalue weighted by Gasteiger charge is -2.37. The molecule has 2 aromatic carbocycles. The highest BCUT2D eigenvalue weighted by Crippen LogP contribution is 2.41. The Kier molecular flexibility index (Phi) is 4.71. The van der Waals surface area contributed by atoms with Crippen molar-refractivity contribution < 1.29 is 31.5 Å². The fraction of sp³-hybridized carbons (Fsp3) is 0.278. The highest BCUT2D eigenvalue weighted by atomic mass is 19.4. The van der Waals surface area contributed by atoms with Crippen molar-refractivity contribution >= 4 is 11.7 Å². The standard InChI is InChI=1S/C18H15F5N2O2/c1-27-12-7-8-14-13(9-12)15(11-5-3-2-4-6-11)24-16(26)25(14)10-17(19,20)18(21,22)23/h2-9,15H,10H2,1H3,(H,24,26). The number of halogens is 5. The molecule has 2 aromatic rings. The summed E-state index contributed by atoms with van der Waals surface area (Å²) in [6.45, 7) is -1.82. The lowest BCUT2D eigenvalue weighted by molar-refractivity contribution is -0.276. The molecule has 3 rings (SSSR count). The zero-order chi connectivity index (χ0) is 19.8. The third-order valence-corrected chi connectivity index (χ3v) is 4.25. The highest BCUT2D eigenvalue weighted by molar-refractivity contribution is 5.96. The van der Waals surface area contributed by atoms with Crippen LogP contribution in [0.25, 0.3) is 0 Å². The maximum absolute atomic E-state index is 13.6. The monoisotopic (exact) mass is 386 g/mol. The van der Waals surface area contributed by atoms with Crippen LogP contribution < -0.4 is 15.0 Å². The number of urea groups is 1. The Morgan fingerprint density at radius 1 is 1.07 bits per heavy atom. The zero-order valence-electron chi connectivity index (χ0n) is 14.1. The van der Waals surface area contributed by atoms with E-state index >= 15 is 0 Å². The molecule has 0 aromatic heterocycles. The summed E-state index contributed by atoms with van der Waals surface area (Å²) >= 11 is 0. The SMILES string of the molecule is COc1ccc2c(c1)C(c1ccccc1)NC(=O)N2CC(F)(F)C(F)(F)F. The number of methoxy groups -OCH3 is 1. The average molecular weight is 386 g/mol. The van der Waals surface area contributed by atoms with Crippen LogP contribution in [0.1, 0.15) is 17.2 Å². The normalized spacial score (nSPS) is 17.3. The third kappa shape index (κ3) is 3.54. The minimum Gasteiger partial charge on any atom is -0.497 e. The molecular weight excluding hydrogens is 371 g/mol. The fourth-order valence-corrected chi connectivity index (χ4v) is 2.88. The van der Waals surface area contributed by atoms with E-state index in [-0.39, 0.29) is 5.69 Å². The van der Waals surface area contributed by atoms with Gasteiger partial charge in [-0.1, -0.05) is 30.3 Å². The van der Waals surface area contributed by atoms with Gasteiger partial charge in [0, 0.05) is 5.56 Å². The summed E-state index contributed by atoms with van der Waals surface area (Å²) < 4.78 is 70.1. The van der Waals surface area contributed by atoms with Gasteiger partial charge in [-0.2, -0.15) is 22.0 Å². The molecule has 0 spiro atoms. The van der Waals surface area contributed by atoms with Crippen molar-refractivity contribution in [3.8, 4) is 5.75 Å². The molecule has 0 saturated carbocycles. The van der Waals surface area contributed by atoms with E-state index in [9.17, 15) is 26.7 Å². The number of hydrogen-bond donors (Lipinski definition) is 1. The van der Waals surface area contributed by atoms with Gasteiger partial charge in [0.1, 0.15) is 12.3 Å². The Balaban J connectivity index is 2.07. The molecule has 0 bridgehead atoms. The smallest absolute Gasteiger partial charge is 0.455 e. The van der Waals surface area contributed by atoms with Crippen molar-refractivity contribution in [2.75, 3.05) is 18.6 Å². The molecule has 1 N–H and O–H groups in total. The number of fused-ring (bicyclic) bond motifs is 1. The number of amides is 2. The van der Waals surface area contributed by atoms with Crippen molar-refractivity contribution in [3.63, 3.8) is 0 Å². The van der Waals surface area contributed by atoms with Gasteiger partial charge in [-0.05, 0) is 23.8 Å². The first-order valence-electron chi connectivity index (χ1n) is 7.89. The number of carbonyl (C=O) groups is 1. The van der Waals surface area contributed by atoms with Crippen LogP contribution in [0.3, 0.4) is 0 Å². The topological polar surface area (TPSA) is 41.6 Å². The van der Waals surface area contributed by atoms with Gasteiger partial charge in [0.25, 0.3) is 0 Å². The first-order valence-corrected chi connectivity index (χ1v) is 7.89. The van der Waals surface area contributed by atoms with E-state index in [0.717, 1.165) is 0 Å². The molecule has 4 nitrogen and oxygen atoms in total. The van der Waals surface area contributed by atoms with Crippen molar-refractivity contribution in [2.45, 2.75) is 18.1 Å². The number of nitrogens with one attached hydrogen (secondary N) is 1. The molecule has 0 fully saturated rings. The van der Waals surface area contributed by atoms with Gasteiger partial charge in [0.15, 0.2) is 0 Å². The van der Waals surface area contributed by atoms with Crippen LogP contribution >= 0.6 is 0 Å². The second-order valence-electron chi connectivity index (χ2n) is 6.01. The van der Waals surface area contributed by atoms with Gasteiger partial charge in [-0.15, -0.1) is 0 Å². The predicted octanol–water partition coefficient (Wildman–Crippen LogP) is 4.51. The zero-order valence-corrected chi connectivity index (χ0v) is 14.1. The number of benzene rings is 2. The molecule has 1 aliphatic rings. The number of anilines is 1. The Morgan fingerprint density at radius 2 is 1.74 bits per heavy atom. The molecule has 27 heavy (non-hydrogen) atoms. The van der Waals surface area contributed by atoms with Crippen LogP contribution in [0.4, 0.5) is 32.4 Å². The molecule has 0 radical (unpaired) electrons. The number of alkyl halides is 5. The second kappa shape index (κ2) is 6.71. The van der Waals surface area contributed by atoms with Crippen LogP contribution in [0.5, 0.6) is 5.75 Å². The van der Waals surface area contributed by atoms with Crippen molar-refractivity contribution in [1.29, 1.82) is 0 Å². The molecule has 0 aliphatic carbocycles. The Bertz CT molecular complexity index is 839. The van der Waals surface area contributed by atoms with E-state index in [4.69, 9.17) is 4.74 Å². The molecule has 1 unspecified atom stereocenters. The van der Waals surface area contributed by atoms with Gasteiger partial charge in [0.05, 0.1) is 18.8 Å². The summed E-state index contributed by atoms with van der Waals surface area (Å²) in [4.78, 5) is 12.8. The molecule has 2 amide bonds. The highest BCUT2D eigenvalue weighted by Gasteiger charge is 2.59. The number of carbonyl (C=O) groups excluding carboxylic acids is 1. The van der Waals surface area contributed by atoms with Crippen LogP contribution in [0, 0.1) is 0 Å². The minimum atomic E-state index is -5.77. The molecule has 144 valence electrons.